The van der Waals surface area contributed by atoms with Gasteiger partial charge in [-0.2, -0.15) is 0 Å². The van der Waals surface area contributed by atoms with E-state index in [0.717, 1.165) is 9.13 Å². The van der Waals surface area contributed by atoms with Crippen molar-refractivity contribution in [2.75, 3.05) is 11.9 Å². The van der Waals surface area contributed by atoms with Gasteiger partial charge in [-0.3, -0.25) is 14.9 Å². The average Bonchev–Trinajstić information content (AvgIpc) is 2.08. The second-order valence-corrected chi connectivity index (χ2v) is 4.24. The average molecular weight is 320 g/mol. The Morgan fingerprint density at radius 3 is 2.80 bits per heavy atom. The molecule has 0 spiro atoms. The Bertz CT molecular complexity index is 406. The monoisotopic (exact) mass is 320 g/mol. The second-order valence-electron chi connectivity index (χ2n) is 3.00. The first-order chi connectivity index (χ1) is 6.99. The van der Waals surface area contributed by atoms with Crippen LogP contribution in [0, 0.1) is 20.6 Å². The van der Waals surface area contributed by atoms with Gasteiger partial charge >= 0.3 is 0 Å². The molecule has 0 saturated carbocycles. The van der Waals surface area contributed by atoms with Crippen molar-refractivity contribution in [3.05, 3.63) is 37.4 Å². The van der Waals surface area contributed by atoms with Crippen LogP contribution in [0.4, 0.5) is 5.69 Å². The predicted molar refractivity (Wildman–Crippen MR) is 64.4 cm³/mol. The van der Waals surface area contributed by atoms with Crippen LogP contribution < -0.4 is 5.32 Å². The van der Waals surface area contributed by atoms with Gasteiger partial charge in [-0.05, 0) is 53.3 Å². The highest BCUT2D eigenvalue weighted by molar-refractivity contribution is 14.1. The predicted octanol–water partition coefficient (Wildman–Crippen LogP) is 1.81. The van der Waals surface area contributed by atoms with Crippen LogP contribution in [0.1, 0.15) is 5.56 Å². The van der Waals surface area contributed by atoms with Crippen LogP contribution in [0.3, 0.4) is 0 Å². The zero-order valence-electron chi connectivity index (χ0n) is 7.99. The molecule has 0 radical (unpaired) electrons. The van der Waals surface area contributed by atoms with Crippen LogP contribution in [-0.2, 0) is 4.79 Å². The van der Waals surface area contributed by atoms with Crippen molar-refractivity contribution in [2.24, 2.45) is 0 Å². The molecule has 1 amide bonds. The summed E-state index contributed by atoms with van der Waals surface area (Å²) in [5.74, 6) is -0.607. The number of nitro groups is 1. The summed E-state index contributed by atoms with van der Waals surface area (Å²) in [4.78, 5) is 20.5. The summed E-state index contributed by atoms with van der Waals surface area (Å²) >= 11 is 2.15. The molecule has 5 nitrogen and oxygen atoms in total. The van der Waals surface area contributed by atoms with Crippen LogP contribution in [-0.4, -0.2) is 17.4 Å². The van der Waals surface area contributed by atoms with Crippen molar-refractivity contribution in [1.82, 2.24) is 0 Å². The van der Waals surface area contributed by atoms with Crippen LogP contribution in [0.2, 0.25) is 0 Å². The lowest BCUT2D eigenvalue weighted by molar-refractivity contribution is -0.467. The number of benzene rings is 1. The van der Waals surface area contributed by atoms with Gasteiger partial charge in [-0.1, -0.05) is 0 Å². The van der Waals surface area contributed by atoms with Gasteiger partial charge in [-0.15, -0.1) is 0 Å². The van der Waals surface area contributed by atoms with Crippen LogP contribution in [0.15, 0.2) is 18.2 Å². The number of aryl methyl sites for hydroxylation is 1. The molecule has 0 aliphatic heterocycles. The fourth-order valence-corrected chi connectivity index (χ4v) is 1.72. The van der Waals surface area contributed by atoms with Gasteiger partial charge in [0.2, 0.25) is 0 Å². The molecule has 0 unspecified atom stereocenters. The minimum Gasteiger partial charge on any atom is -0.320 e. The number of amides is 1. The van der Waals surface area contributed by atoms with E-state index in [2.05, 4.69) is 27.9 Å². The van der Waals surface area contributed by atoms with E-state index in [0.29, 0.717) is 5.69 Å². The number of rotatable bonds is 3. The standard InChI is InChI=1S/C9H9IN2O3/c1-6-4-7(10)2-3-8(6)11-9(13)5-12(14)15/h2-4H,5H2,1H3,(H,11,13). The number of anilines is 1. The summed E-state index contributed by atoms with van der Waals surface area (Å²) < 4.78 is 1.05. The molecule has 0 aliphatic rings. The third-order valence-electron chi connectivity index (χ3n) is 1.74. The molecule has 6 heteroatoms. The Morgan fingerprint density at radius 1 is 1.60 bits per heavy atom. The van der Waals surface area contributed by atoms with E-state index in [1.807, 2.05) is 19.1 Å². The van der Waals surface area contributed by atoms with Crippen molar-refractivity contribution in [1.29, 1.82) is 0 Å². The molecule has 0 bridgehead atoms. The third-order valence-corrected chi connectivity index (χ3v) is 2.41. The highest BCUT2D eigenvalue weighted by Gasteiger charge is 2.10. The smallest absolute Gasteiger partial charge is 0.296 e. The number of nitrogens with one attached hydrogen (secondary N) is 1. The summed E-state index contributed by atoms with van der Waals surface area (Å²) in [7, 11) is 0. The van der Waals surface area contributed by atoms with Gasteiger partial charge in [0.15, 0.2) is 0 Å². The largest absolute Gasteiger partial charge is 0.320 e. The first kappa shape index (κ1) is 11.9. The molecule has 0 heterocycles. The third kappa shape index (κ3) is 3.82. The molecule has 0 atom stereocenters. The maximum Gasteiger partial charge on any atom is 0.296 e. The zero-order chi connectivity index (χ0) is 11.4. The quantitative estimate of drug-likeness (QED) is 0.524. The van der Waals surface area contributed by atoms with Crippen LogP contribution >= 0.6 is 22.6 Å². The van der Waals surface area contributed by atoms with Gasteiger partial charge in [0.1, 0.15) is 0 Å². The fourth-order valence-electron chi connectivity index (χ4n) is 1.07. The summed E-state index contributed by atoms with van der Waals surface area (Å²) in [6.45, 7) is 1.13. The second kappa shape index (κ2) is 5.06. The molecule has 0 aliphatic carbocycles. The van der Waals surface area contributed by atoms with Gasteiger partial charge < -0.3 is 5.32 Å². The van der Waals surface area contributed by atoms with E-state index in [9.17, 15) is 14.9 Å². The number of hydrogen-bond acceptors (Lipinski definition) is 3. The molecule has 15 heavy (non-hydrogen) atoms. The van der Waals surface area contributed by atoms with Crippen LogP contribution in [0.25, 0.3) is 0 Å². The SMILES string of the molecule is Cc1cc(I)ccc1NC(=O)C[N+](=O)[O-]. The molecule has 1 N–H and O–H groups in total. The maximum absolute atomic E-state index is 11.1. The first-order valence-electron chi connectivity index (χ1n) is 4.17. The lowest BCUT2D eigenvalue weighted by Crippen LogP contribution is -2.22. The summed E-state index contributed by atoms with van der Waals surface area (Å²) in [5.41, 5.74) is 1.50. The Morgan fingerprint density at radius 2 is 2.27 bits per heavy atom. The van der Waals surface area contributed by atoms with E-state index in [1.54, 1.807) is 6.07 Å². The summed E-state index contributed by atoms with van der Waals surface area (Å²) in [6.07, 6.45) is 0. The van der Waals surface area contributed by atoms with Gasteiger partial charge in [0.05, 0.1) is 0 Å². The highest BCUT2D eigenvalue weighted by atomic mass is 127. The van der Waals surface area contributed by atoms with E-state index < -0.39 is 17.4 Å². The lowest BCUT2D eigenvalue weighted by atomic mass is 10.2. The molecule has 80 valence electrons. The molecular formula is C9H9IN2O3. The van der Waals surface area contributed by atoms with Gasteiger partial charge in [-0.25, -0.2) is 0 Å². The summed E-state index contributed by atoms with van der Waals surface area (Å²) in [5, 5.41) is 12.6. The molecule has 0 aromatic heterocycles. The molecule has 0 saturated heterocycles. The number of nitrogens with zero attached hydrogens (tertiary/aromatic N) is 1. The number of carbonyl (C=O) groups excluding carboxylic acids is 1. The summed E-state index contributed by atoms with van der Waals surface area (Å²) in [6, 6.07) is 5.45. The zero-order valence-corrected chi connectivity index (χ0v) is 10.1. The van der Waals surface area contributed by atoms with Crippen molar-refractivity contribution >= 4 is 34.2 Å². The Labute approximate surface area is 100 Å². The minimum absolute atomic E-state index is 0.607. The highest BCUT2D eigenvalue weighted by Crippen LogP contribution is 2.17. The van der Waals surface area contributed by atoms with Crippen molar-refractivity contribution in [2.45, 2.75) is 6.92 Å². The molecule has 0 fully saturated rings. The van der Waals surface area contributed by atoms with Crippen molar-refractivity contribution < 1.29 is 9.72 Å². The van der Waals surface area contributed by atoms with Crippen molar-refractivity contribution in [3.8, 4) is 0 Å². The van der Waals surface area contributed by atoms with Crippen LogP contribution in [0.5, 0.6) is 0 Å². The number of halogens is 1. The molecule has 1 aromatic carbocycles. The fraction of sp³-hybridized carbons (Fsp3) is 0.222. The van der Waals surface area contributed by atoms with Gasteiger partial charge in [0.25, 0.3) is 12.5 Å². The van der Waals surface area contributed by atoms with E-state index >= 15 is 0 Å². The minimum atomic E-state index is -0.703. The van der Waals surface area contributed by atoms with E-state index in [4.69, 9.17) is 0 Å². The Hall–Kier alpha value is -1.18. The topological polar surface area (TPSA) is 72.2 Å². The Balaban J connectivity index is 2.72. The molecule has 1 rings (SSSR count). The van der Waals surface area contributed by atoms with E-state index in [1.165, 1.54) is 0 Å². The van der Waals surface area contributed by atoms with Gasteiger partial charge in [0, 0.05) is 14.2 Å². The van der Waals surface area contributed by atoms with Crippen molar-refractivity contribution in [3.63, 3.8) is 0 Å². The number of hydrogen-bond donors (Lipinski definition) is 1. The lowest BCUT2D eigenvalue weighted by Gasteiger charge is -2.06. The number of carbonyl (C=O) groups is 1. The molecule has 1 aromatic rings. The normalized spacial score (nSPS) is 9.73. The van der Waals surface area contributed by atoms with E-state index in [-0.39, 0.29) is 0 Å². The first-order valence-corrected chi connectivity index (χ1v) is 5.24. The maximum atomic E-state index is 11.1. The Kier molecular flexibility index (Phi) is 4.01. The molecular weight excluding hydrogens is 311 g/mol.